The summed E-state index contributed by atoms with van der Waals surface area (Å²) in [7, 11) is 0. The summed E-state index contributed by atoms with van der Waals surface area (Å²) in [6.45, 7) is 1.98. The van der Waals surface area contributed by atoms with Gasteiger partial charge in [-0.1, -0.05) is 6.92 Å². The fourth-order valence-corrected chi connectivity index (χ4v) is 1.59. The first kappa shape index (κ1) is 25.0. The average Bonchev–Trinajstić information content (AvgIpc) is 2.65. The van der Waals surface area contributed by atoms with Crippen LogP contribution >= 0.6 is 0 Å². The van der Waals surface area contributed by atoms with Crippen molar-refractivity contribution in [1.82, 2.24) is 26.6 Å². The van der Waals surface area contributed by atoms with E-state index in [9.17, 15) is 28.8 Å². The normalized spacial score (nSPS) is 9.79. The van der Waals surface area contributed by atoms with Gasteiger partial charge in [0.15, 0.2) is 5.78 Å². The zero-order valence-electron chi connectivity index (χ0n) is 16.0. The first-order valence-corrected chi connectivity index (χ1v) is 8.65. The van der Waals surface area contributed by atoms with Gasteiger partial charge in [-0.2, -0.15) is 0 Å². The maximum atomic E-state index is 11.6. The van der Waals surface area contributed by atoms with Crippen LogP contribution in [0.1, 0.15) is 20.3 Å². The van der Waals surface area contributed by atoms with Gasteiger partial charge in [0.25, 0.3) is 0 Å². The maximum absolute atomic E-state index is 11.6. The molecule has 0 aromatic heterocycles. The van der Waals surface area contributed by atoms with E-state index in [1.54, 1.807) is 6.92 Å². The summed E-state index contributed by atoms with van der Waals surface area (Å²) in [5.74, 6) is -2.56. The summed E-state index contributed by atoms with van der Waals surface area (Å²) in [5, 5.41) is 11.9. The largest absolute Gasteiger partial charge is 0.364 e. The highest BCUT2D eigenvalue weighted by Crippen LogP contribution is 1.78. The number of ketones is 1. The van der Waals surface area contributed by atoms with Crippen LogP contribution in [0.4, 0.5) is 0 Å². The van der Waals surface area contributed by atoms with Gasteiger partial charge in [0, 0.05) is 19.5 Å². The molecular weight excluding hydrogens is 374 g/mol. The van der Waals surface area contributed by atoms with Gasteiger partial charge in [-0.25, -0.2) is 0 Å². The predicted octanol–water partition coefficient (Wildman–Crippen LogP) is -3.42. The van der Waals surface area contributed by atoms with Crippen molar-refractivity contribution >= 4 is 35.3 Å². The quantitative estimate of drug-likeness (QED) is 0.189. The molecule has 0 aliphatic rings. The highest BCUT2D eigenvalue weighted by atomic mass is 16.5. The fourth-order valence-electron chi connectivity index (χ4n) is 1.59. The van der Waals surface area contributed by atoms with Gasteiger partial charge in [0.05, 0.1) is 19.6 Å². The molecule has 0 aliphatic carbocycles. The molecule has 0 atom stereocenters. The minimum Gasteiger partial charge on any atom is -0.364 e. The number of hydrogen-bond donors (Lipinski definition) is 5. The van der Waals surface area contributed by atoms with Crippen molar-refractivity contribution in [3.05, 3.63) is 0 Å². The predicted molar refractivity (Wildman–Crippen MR) is 96.8 cm³/mol. The Labute approximate surface area is 162 Å². The van der Waals surface area contributed by atoms with E-state index < -0.39 is 23.6 Å². The number of carbonyl (C=O) groups excluding carboxylic acids is 6. The third kappa shape index (κ3) is 15.3. The Bertz CT molecular complexity index is 580. The van der Waals surface area contributed by atoms with Crippen molar-refractivity contribution in [2.75, 3.05) is 45.9 Å². The Morgan fingerprint density at radius 1 is 0.607 bits per heavy atom. The van der Waals surface area contributed by atoms with Crippen LogP contribution < -0.4 is 26.6 Å². The van der Waals surface area contributed by atoms with Gasteiger partial charge in [-0.05, 0) is 6.92 Å². The van der Waals surface area contributed by atoms with Crippen LogP contribution in [0.25, 0.3) is 0 Å². The number of rotatable bonds is 14. The average molecular weight is 401 g/mol. The summed E-state index contributed by atoms with van der Waals surface area (Å²) in [6.07, 6.45) is 0.354. The molecular formula is C16H27N5O7. The van der Waals surface area contributed by atoms with Gasteiger partial charge >= 0.3 is 0 Å². The molecule has 0 aromatic rings. The van der Waals surface area contributed by atoms with E-state index in [1.807, 2.05) is 0 Å². The second-order valence-electron chi connectivity index (χ2n) is 5.58. The molecule has 0 bridgehead atoms. The topological polar surface area (TPSA) is 172 Å². The molecule has 28 heavy (non-hydrogen) atoms. The number of nitrogens with one attached hydrogen (secondary N) is 5. The van der Waals surface area contributed by atoms with Crippen molar-refractivity contribution < 1.29 is 33.5 Å². The lowest BCUT2D eigenvalue weighted by Gasteiger charge is -2.09. The summed E-state index contributed by atoms with van der Waals surface area (Å²) in [5.41, 5.74) is 0. The first-order chi connectivity index (χ1) is 13.2. The molecule has 12 nitrogen and oxygen atoms in total. The lowest BCUT2D eigenvalue weighted by Crippen LogP contribution is -2.45. The van der Waals surface area contributed by atoms with Gasteiger partial charge < -0.3 is 31.3 Å². The van der Waals surface area contributed by atoms with E-state index in [0.717, 1.165) is 0 Å². The Morgan fingerprint density at radius 2 is 1.04 bits per heavy atom. The molecule has 0 saturated heterocycles. The van der Waals surface area contributed by atoms with Crippen LogP contribution in [-0.2, 0) is 33.5 Å². The zero-order chi connectivity index (χ0) is 21.4. The molecule has 0 aliphatic heterocycles. The maximum Gasteiger partial charge on any atom is 0.246 e. The molecule has 5 N–H and O–H groups in total. The van der Waals surface area contributed by atoms with Crippen molar-refractivity contribution in [3.8, 4) is 0 Å². The van der Waals surface area contributed by atoms with Crippen molar-refractivity contribution in [2.45, 2.75) is 20.3 Å². The van der Waals surface area contributed by atoms with Crippen LogP contribution in [0.15, 0.2) is 0 Å². The van der Waals surface area contributed by atoms with Crippen molar-refractivity contribution in [1.29, 1.82) is 0 Å². The molecule has 0 aromatic carbocycles. The fraction of sp³-hybridized carbons (Fsp3) is 0.625. The van der Waals surface area contributed by atoms with Gasteiger partial charge in [-0.3, -0.25) is 28.8 Å². The molecule has 158 valence electrons. The lowest BCUT2D eigenvalue weighted by molar-refractivity contribution is -0.131. The smallest absolute Gasteiger partial charge is 0.246 e. The molecule has 0 saturated carbocycles. The summed E-state index contributed by atoms with van der Waals surface area (Å²) in [6, 6.07) is 0. The van der Waals surface area contributed by atoms with E-state index in [0.29, 0.717) is 6.42 Å². The van der Waals surface area contributed by atoms with Crippen LogP contribution in [-0.4, -0.2) is 81.3 Å². The third-order valence-electron chi connectivity index (χ3n) is 2.97. The number of amides is 5. The van der Waals surface area contributed by atoms with Gasteiger partial charge in [0.2, 0.25) is 29.5 Å². The van der Waals surface area contributed by atoms with Crippen molar-refractivity contribution in [2.24, 2.45) is 0 Å². The lowest BCUT2D eigenvalue weighted by atomic mass is 10.4. The van der Waals surface area contributed by atoms with Gasteiger partial charge in [-0.15, -0.1) is 0 Å². The highest BCUT2D eigenvalue weighted by molar-refractivity contribution is 5.90. The number of hydrogen-bond acceptors (Lipinski definition) is 7. The molecule has 0 unspecified atom stereocenters. The summed E-state index contributed by atoms with van der Waals surface area (Å²) >= 11 is 0. The van der Waals surface area contributed by atoms with E-state index in [2.05, 4.69) is 26.6 Å². The molecule has 0 spiro atoms. The second-order valence-corrected chi connectivity index (χ2v) is 5.58. The number of carbonyl (C=O) groups is 6. The van der Waals surface area contributed by atoms with E-state index in [4.69, 9.17) is 4.74 Å². The second kappa shape index (κ2) is 15.1. The minimum atomic E-state index is -0.605. The number of ether oxygens (including phenoxy) is 1. The Hall–Kier alpha value is -3.02. The van der Waals surface area contributed by atoms with E-state index in [1.165, 1.54) is 6.92 Å². The molecule has 5 amide bonds. The van der Waals surface area contributed by atoms with Crippen LogP contribution in [0.5, 0.6) is 0 Å². The Kier molecular flexibility index (Phi) is 13.5. The molecule has 0 fully saturated rings. The molecule has 12 heteroatoms. The zero-order valence-corrected chi connectivity index (χ0v) is 16.0. The van der Waals surface area contributed by atoms with E-state index >= 15 is 0 Å². The minimum absolute atomic E-state index is 0.127. The monoisotopic (exact) mass is 401 g/mol. The SMILES string of the molecule is CCC(=O)NCCNC(=O)CNC(=O)CNC(=O)CNC(=O)COCC(C)=O. The third-order valence-corrected chi connectivity index (χ3v) is 2.97. The number of Topliss-reactive ketones (excluding diaryl/α,β-unsaturated/α-hetero) is 1. The summed E-state index contributed by atoms with van der Waals surface area (Å²) < 4.78 is 4.78. The first-order valence-electron chi connectivity index (χ1n) is 8.65. The van der Waals surface area contributed by atoms with Crippen LogP contribution in [0.2, 0.25) is 0 Å². The molecule has 0 rings (SSSR count). The summed E-state index contributed by atoms with van der Waals surface area (Å²) in [4.78, 5) is 67.5. The molecule has 0 heterocycles. The van der Waals surface area contributed by atoms with Crippen LogP contribution in [0.3, 0.4) is 0 Å². The van der Waals surface area contributed by atoms with Gasteiger partial charge in [0.1, 0.15) is 13.2 Å². The Balaban J connectivity index is 3.75. The highest BCUT2D eigenvalue weighted by Gasteiger charge is 2.09. The standard InChI is InChI=1S/C16H27N5O7/c1-3-12(23)17-4-5-18-13(24)6-19-14(25)7-20-15(26)8-21-16(27)10-28-9-11(2)22/h3-10H2,1-2H3,(H,17,23)(H,18,24)(H,19,25)(H,20,26)(H,21,27). The molecule has 0 radical (unpaired) electrons. The Morgan fingerprint density at radius 3 is 1.50 bits per heavy atom. The van der Waals surface area contributed by atoms with E-state index in [-0.39, 0.29) is 57.6 Å². The van der Waals surface area contributed by atoms with Crippen LogP contribution in [0, 0.1) is 0 Å². The van der Waals surface area contributed by atoms with Crippen molar-refractivity contribution in [3.63, 3.8) is 0 Å².